The van der Waals surface area contributed by atoms with Crippen LogP contribution >= 0.6 is 0 Å². The van der Waals surface area contributed by atoms with Crippen LogP contribution in [0.2, 0.25) is 0 Å². The summed E-state index contributed by atoms with van der Waals surface area (Å²) in [4.78, 5) is 26.7. The Morgan fingerprint density at radius 2 is 1.76 bits per heavy atom. The van der Waals surface area contributed by atoms with Gasteiger partial charge in [-0.15, -0.1) is 0 Å². The minimum absolute atomic E-state index is 0.0288. The van der Waals surface area contributed by atoms with E-state index in [0.717, 1.165) is 38.8 Å². The third-order valence-electron chi connectivity index (χ3n) is 5.36. The summed E-state index contributed by atoms with van der Waals surface area (Å²) in [7, 11) is 0. The van der Waals surface area contributed by atoms with Gasteiger partial charge in [0, 0.05) is 19.1 Å². The smallest absolute Gasteiger partial charge is 0.226 e. The highest BCUT2D eigenvalue weighted by Crippen LogP contribution is 2.41. The molecule has 1 aliphatic heterocycles. The van der Waals surface area contributed by atoms with Crippen molar-refractivity contribution in [3.63, 3.8) is 0 Å². The second-order valence-electron chi connectivity index (χ2n) is 7.32. The number of likely N-dealkylation sites (tertiary alicyclic amines) is 1. The van der Waals surface area contributed by atoms with Gasteiger partial charge in [-0.05, 0) is 38.0 Å². The lowest BCUT2D eigenvalue weighted by atomic mass is 9.95. The summed E-state index contributed by atoms with van der Waals surface area (Å²) in [5.41, 5.74) is 0. The topological polar surface area (TPSA) is 49.4 Å². The van der Waals surface area contributed by atoms with Crippen LogP contribution in [-0.4, -0.2) is 35.8 Å². The number of nitrogens with one attached hydrogen (secondary N) is 1. The molecule has 1 N–H and O–H groups in total. The quantitative estimate of drug-likeness (QED) is 0.868. The zero-order valence-electron chi connectivity index (χ0n) is 13.1. The normalized spacial score (nSPS) is 33.6. The fraction of sp³-hybridized carbons (Fsp3) is 0.882. The number of rotatable bonds is 3. The van der Waals surface area contributed by atoms with Gasteiger partial charge in [-0.25, -0.2) is 0 Å². The highest BCUT2D eigenvalue weighted by atomic mass is 16.2. The van der Waals surface area contributed by atoms with Crippen LogP contribution in [0.3, 0.4) is 0 Å². The summed E-state index contributed by atoms with van der Waals surface area (Å²) >= 11 is 0. The number of amides is 2. The molecular formula is C17H28N2O2. The molecule has 21 heavy (non-hydrogen) atoms. The van der Waals surface area contributed by atoms with Crippen molar-refractivity contribution in [2.45, 2.75) is 64.3 Å². The predicted octanol–water partition coefficient (Wildman–Crippen LogP) is 2.33. The first-order valence-corrected chi connectivity index (χ1v) is 8.74. The Morgan fingerprint density at radius 3 is 2.48 bits per heavy atom. The van der Waals surface area contributed by atoms with Crippen molar-refractivity contribution in [3.05, 3.63) is 0 Å². The molecule has 4 nitrogen and oxygen atoms in total. The molecule has 0 bridgehead atoms. The number of carbonyl (C=O) groups excluding carboxylic acids is 2. The first-order chi connectivity index (χ1) is 10.1. The molecule has 3 unspecified atom stereocenters. The van der Waals surface area contributed by atoms with E-state index in [1.165, 1.54) is 25.7 Å². The summed E-state index contributed by atoms with van der Waals surface area (Å²) in [6.45, 7) is 3.97. The van der Waals surface area contributed by atoms with E-state index in [2.05, 4.69) is 12.2 Å². The van der Waals surface area contributed by atoms with E-state index in [-0.39, 0.29) is 23.7 Å². The van der Waals surface area contributed by atoms with Crippen LogP contribution in [0.4, 0.5) is 0 Å². The van der Waals surface area contributed by atoms with Gasteiger partial charge in [0.15, 0.2) is 0 Å². The molecule has 2 aliphatic carbocycles. The maximum atomic E-state index is 12.5. The Labute approximate surface area is 127 Å². The molecule has 4 heteroatoms. The molecule has 0 aromatic rings. The lowest BCUT2D eigenvalue weighted by Gasteiger charge is -2.31. The van der Waals surface area contributed by atoms with E-state index in [0.29, 0.717) is 12.0 Å². The lowest BCUT2D eigenvalue weighted by molar-refractivity contribution is -0.136. The van der Waals surface area contributed by atoms with Crippen LogP contribution in [0.25, 0.3) is 0 Å². The molecule has 3 aliphatic rings. The number of hydrogen-bond acceptors (Lipinski definition) is 2. The monoisotopic (exact) mass is 292 g/mol. The lowest BCUT2D eigenvalue weighted by Crippen LogP contribution is -2.41. The van der Waals surface area contributed by atoms with Crippen LogP contribution in [0.1, 0.15) is 58.3 Å². The zero-order chi connectivity index (χ0) is 14.8. The third kappa shape index (κ3) is 3.58. The fourth-order valence-electron chi connectivity index (χ4n) is 3.94. The predicted molar refractivity (Wildman–Crippen MR) is 81.6 cm³/mol. The summed E-state index contributed by atoms with van der Waals surface area (Å²) in [6, 6.07) is 0.359. The molecule has 3 fully saturated rings. The van der Waals surface area contributed by atoms with Crippen molar-refractivity contribution in [2.24, 2.45) is 17.8 Å². The van der Waals surface area contributed by atoms with Crippen LogP contribution in [0, 0.1) is 17.8 Å². The van der Waals surface area contributed by atoms with Gasteiger partial charge in [0.25, 0.3) is 0 Å². The SMILES string of the molecule is CC1CCCN(C(=O)C2CC2C(=O)NC2CCCCC2)C1. The Hall–Kier alpha value is -1.06. The van der Waals surface area contributed by atoms with Crippen molar-refractivity contribution >= 4 is 11.8 Å². The van der Waals surface area contributed by atoms with Crippen molar-refractivity contribution in [1.29, 1.82) is 0 Å². The molecule has 0 aromatic carbocycles. The fourth-order valence-corrected chi connectivity index (χ4v) is 3.94. The van der Waals surface area contributed by atoms with E-state index in [1.807, 2.05) is 4.90 Å². The molecule has 1 saturated heterocycles. The number of nitrogens with zero attached hydrogens (tertiary/aromatic N) is 1. The number of hydrogen-bond donors (Lipinski definition) is 1. The maximum Gasteiger partial charge on any atom is 0.226 e. The molecule has 2 amide bonds. The Balaban J connectivity index is 1.46. The van der Waals surface area contributed by atoms with Gasteiger partial charge in [-0.3, -0.25) is 9.59 Å². The van der Waals surface area contributed by atoms with E-state index < -0.39 is 0 Å². The largest absolute Gasteiger partial charge is 0.353 e. The van der Waals surface area contributed by atoms with Gasteiger partial charge in [0.05, 0.1) is 11.8 Å². The second kappa shape index (κ2) is 6.37. The minimum atomic E-state index is -0.0448. The molecule has 3 rings (SSSR count). The summed E-state index contributed by atoms with van der Waals surface area (Å²) in [5.74, 6) is 0.891. The molecule has 0 spiro atoms. The van der Waals surface area contributed by atoms with E-state index >= 15 is 0 Å². The number of piperidine rings is 1. The van der Waals surface area contributed by atoms with Crippen LogP contribution in [0.5, 0.6) is 0 Å². The molecule has 3 atom stereocenters. The standard InChI is InChI=1S/C17H28N2O2/c1-12-6-5-9-19(11-12)17(21)15-10-14(15)16(20)18-13-7-3-2-4-8-13/h12-15H,2-11H2,1H3,(H,18,20). The van der Waals surface area contributed by atoms with Crippen molar-refractivity contribution in [1.82, 2.24) is 10.2 Å². The summed E-state index contributed by atoms with van der Waals surface area (Å²) in [6.07, 6.45) is 9.07. The van der Waals surface area contributed by atoms with Crippen molar-refractivity contribution in [3.8, 4) is 0 Å². The van der Waals surface area contributed by atoms with E-state index in [9.17, 15) is 9.59 Å². The van der Waals surface area contributed by atoms with Gasteiger partial charge in [-0.2, -0.15) is 0 Å². The molecule has 1 heterocycles. The van der Waals surface area contributed by atoms with Gasteiger partial charge in [-0.1, -0.05) is 26.2 Å². The van der Waals surface area contributed by atoms with Crippen LogP contribution in [0.15, 0.2) is 0 Å². The van der Waals surface area contributed by atoms with Gasteiger partial charge in [0.1, 0.15) is 0 Å². The Morgan fingerprint density at radius 1 is 1.00 bits per heavy atom. The summed E-state index contributed by atoms with van der Waals surface area (Å²) < 4.78 is 0. The number of carbonyl (C=O) groups is 2. The average Bonchev–Trinajstić information content (AvgIpc) is 3.28. The summed E-state index contributed by atoms with van der Waals surface area (Å²) in [5, 5.41) is 3.17. The first kappa shape index (κ1) is 14.9. The van der Waals surface area contributed by atoms with E-state index in [1.54, 1.807) is 0 Å². The highest BCUT2D eigenvalue weighted by molar-refractivity contribution is 5.92. The Kier molecular flexibility index (Phi) is 4.51. The van der Waals surface area contributed by atoms with Gasteiger partial charge >= 0.3 is 0 Å². The van der Waals surface area contributed by atoms with Gasteiger partial charge in [0.2, 0.25) is 11.8 Å². The molecule has 2 saturated carbocycles. The molecular weight excluding hydrogens is 264 g/mol. The molecule has 118 valence electrons. The average molecular weight is 292 g/mol. The molecule has 0 aromatic heterocycles. The third-order valence-corrected chi connectivity index (χ3v) is 5.36. The van der Waals surface area contributed by atoms with Crippen LogP contribution < -0.4 is 5.32 Å². The zero-order valence-corrected chi connectivity index (χ0v) is 13.1. The maximum absolute atomic E-state index is 12.5. The van der Waals surface area contributed by atoms with Crippen molar-refractivity contribution < 1.29 is 9.59 Å². The molecule has 0 radical (unpaired) electrons. The van der Waals surface area contributed by atoms with Crippen LogP contribution in [-0.2, 0) is 9.59 Å². The Bertz CT molecular complexity index is 404. The second-order valence-corrected chi connectivity index (χ2v) is 7.32. The van der Waals surface area contributed by atoms with E-state index in [4.69, 9.17) is 0 Å². The minimum Gasteiger partial charge on any atom is -0.353 e. The first-order valence-electron chi connectivity index (χ1n) is 8.74. The van der Waals surface area contributed by atoms with Gasteiger partial charge < -0.3 is 10.2 Å². The highest BCUT2D eigenvalue weighted by Gasteiger charge is 2.50. The van der Waals surface area contributed by atoms with Crippen molar-refractivity contribution in [2.75, 3.05) is 13.1 Å².